The van der Waals surface area contributed by atoms with Gasteiger partial charge < -0.3 is 9.05 Å². The molecule has 0 heterocycles. The van der Waals surface area contributed by atoms with Crippen LogP contribution in [-0.4, -0.2) is 6.16 Å². The number of unbranched alkanes of at least 4 members (excludes halogenated alkanes) is 13. The zero-order valence-corrected chi connectivity index (χ0v) is 36.0. The number of aryl methyl sites for hydroxylation is 2. The van der Waals surface area contributed by atoms with E-state index >= 15 is 0 Å². The van der Waals surface area contributed by atoms with E-state index in [-0.39, 0.29) is 81.7 Å². The predicted molar refractivity (Wildman–Crippen MR) is 183 cm³/mol. The number of hydrogen-bond donors (Lipinski definition) is 0. The molecular formula is C38H63Nd2O3P. The Hall–Kier alpha value is 0.971. The van der Waals surface area contributed by atoms with E-state index in [1.165, 1.54) is 101 Å². The van der Waals surface area contributed by atoms with Crippen LogP contribution >= 0.6 is 7.60 Å². The number of hydrogen-bond acceptors (Lipinski definition) is 3. The molecule has 6 heteroatoms. The molecule has 44 heavy (non-hydrogen) atoms. The molecule has 0 aliphatic heterocycles. The summed E-state index contributed by atoms with van der Waals surface area (Å²) in [7, 11) is -3.39. The summed E-state index contributed by atoms with van der Waals surface area (Å²) in [5.41, 5.74) is 2.63. The fourth-order valence-electron chi connectivity index (χ4n) is 5.65. The summed E-state index contributed by atoms with van der Waals surface area (Å²) in [5, 5.41) is 0. The maximum Gasteiger partial charge on any atom is 0.430 e. The van der Waals surface area contributed by atoms with Crippen LogP contribution in [0, 0.1) is 87.6 Å². The Morgan fingerprint density at radius 1 is 0.523 bits per heavy atom. The van der Waals surface area contributed by atoms with E-state index in [4.69, 9.17) is 9.05 Å². The summed E-state index contributed by atoms with van der Waals surface area (Å²) < 4.78 is 26.7. The summed E-state index contributed by atoms with van der Waals surface area (Å²) in [6, 6.07) is 16.4. The van der Waals surface area contributed by atoms with Gasteiger partial charge in [0.15, 0.2) is 0 Å². The van der Waals surface area contributed by atoms with Gasteiger partial charge in [0.05, 0.1) is 6.16 Å². The van der Waals surface area contributed by atoms with E-state index < -0.39 is 7.60 Å². The Bertz CT molecular complexity index is 898. The Morgan fingerprint density at radius 3 is 1.25 bits per heavy atom. The third-order valence-electron chi connectivity index (χ3n) is 8.50. The summed E-state index contributed by atoms with van der Waals surface area (Å²) in [6.07, 6.45) is 25.4. The summed E-state index contributed by atoms with van der Waals surface area (Å²) in [5.74, 6) is 1.61. The molecule has 0 amide bonds. The van der Waals surface area contributed by atoms with Gasteiger partial charge in [-0.1, -0.05) is 148 Å². The summed E-state index contributed by atoms with van der Waals surface area (Å²) in [4.78, 5) is 0. The van der Waals surface area contributed by atoms with Crippen LogP contribution in [-0.2, 0) is 17.4 Å². The van der Waals surface area contributed by atoms with Crippen LogP contribution in [0.2, 0.25) is 0 Å². The maximum atomic E-state index is 14.2. The topological polar surface area (TPSA) is 35.5 Å². The van der Waals surface area contributed by atoms with Crippen LogP contribution in [0.15, 0.2) is 48.5 Å². The molecule has 0 N–H and O–H groups in total. The van der Waals surface area contributed by atoms with Gasteiger partial charge in [0.1, 0.15) is 11.5 Å². The van der Waals surface area contributed by atoms with Gasteiger partial charge in [0, 0.05) is 81.7 Å². The van der Waals surface area contributed by atoms with Crippen LogP contribution in [0.5, 0.6) is 11.5 Å². The van der Waals surface area contributed by atoms with E-state index in [0.29, 0.717) is 23.6 Å². The van der Waals surface area contributed by atoms with Gasteiger partial charge >= 0.3 is 7.60 Å². The predicted octanol–water partition coefficient (Wildman–Crippen LogP) is 13.1. The van der Waals surface area contributed by atoms with Gasteiger partial charge in [0.25, 0.3) is 0 Å². The van der Waals surface area contributed by atoms with Crippen LogP contribution in [0.3, 0.4) is 0 Å². The van der Waals surface area contributed by atoms with Crippen molar-refractivity contribution < 1.29 is 95.3 Å². The smallest absolute Gasteiger partial charge is 0.416 e. The molecule has 2 rings (SSSR count). The molecule has 0 saturated heterocycles. The van der Waals surface area contributed by atoms with E-state index in [1.54, 1.807) is 0 Å². The van der Waals surface area contributed by atoms with E-state index in [0.717, 1.165) is 38.5 Å². The number of rotatable bonds is 26. The van der Waals surface area contributed by atoms with Gasteiger partial charge in [-0.05, 0) is 73.4 Å². The summed E-state index contributed by atoms with van der Waals surface area (Å²) >= 11 is 0. The molecule has 3 nitrogen and oxygen atoms in total. The molecule has 0 aromatic heterocycles. The van der Waals surface area contributed by atoms with Crippen molar-refractivity contribution in [2.75, 3.05) is 6.16 Å². The van der Waals surface area contributed by atoms with E-state index in [2.05, 4.69) is 52.0 Å². The standard InChI is InChI=1S/C38H63O3P.2Nd/c1-5-9-12-14-16-18-20-23-35-25-29-37(30-26-35)40-42(39,33-34(8-4)22-11-7-3)41-38-31-27-36(28-32-38)24-21-19-17-15-13-10-6-2;;/h25-32,34H,5-24,33H2,1-4H3;;. The van der Waals surface area contributed by atoms with Crippen molar-refractivity contribution in [1.82, 2.24) is 0 Å². The second-order valence-corrected chi connectivity index (χ2v) is 14.4. The van der Waals surface area contributed by atoms with Crippen molar-refractivity contribution in [3.05, 3.63) is 59.7 Å². The third-order valence-corrected chi connectivity index (χ3v) is 10.4. The molecule has 246 valence electrons. The monoisotopic (exact) mass is 882 g/mol. The molecule has 0 spiro atoms. The first-order chi connectivity index (χ1) is 20.5. The molecule has 2 aromatic carbocycles. The normalized spacial score (nSPS) is 11.8. The van der Waals surface area contributed by atoms with Crippen molar-refractivity contribution in [1.29, 1.82) is 0 Å². The Morgan fingerprint density at radius 2 is 0.886 bits per heavy atom. The molecule has 2 aromatic rings. The molecule has 0 aliphatic carbocycles. The zero-order valence-electron chi connectivity index (χ0n) is 28.7. The first kappa shape index (κ1) is 45.0. The van der Waals surface area contributed by atoms with Gasteiger partial charge in [-0.3, -0.25) is 0 Å². The van der Waals surface area contributed by atoms with Crippen LogP contribution in [0.1, 0.15) is 154 Å². The minimum absolute atomic E-state index is 0. The molecular weight excluding hydrogens is 824 g/mol. The fourth-order valence-corrected chi connectivity index (χ4v) is 7.80. The van der Waals surface area contributed by atoms with Crippen molar-refractivity contribution in [2.24, 2.45) is 5.92 Å². The minimum atomic E-state index is -3.39. The fraction of sp³-hybridized carbons (Fsp3) is 0.684. The molecule has 0 radical (unpaired) electrons. The second-order valence-electron chi connectivity index (χ2n) is 12.4. The van der Waals surface area contributed by atoms with Crippen LogP contribution < -0.4 is 9.05 Å². The average molecular weight is 887 g/mol. The van der Waals surface area contributed by atoms with Gasteiger partial charge in [0.2, 0.25) is 0 Å². The number of benzene rings is 2. The molecule has 1 unspecified atom stereocenters. The molecule has 0 aliphatic rings. The van der Waals surface area contributed by atoms with Crippen molar-refractivity contribution in [2.45, 2.75) is 156 Å². The molecule has 0 fully saturated rings. The van der Waals surface area contributed by atoms with E-state index in [9.17, 15) is 4.57 Å². The largest absolute Gasteiger partial charge is 0.430 e. The first-order valence-electron chi connectivity index (χ1n) is 17.7. The maximum absolute atomic E-state index is 14.2. The minimum Gasteiger partial charge on any atom is -0.416 e. The zero-order chi connectivity index (χ0) is 30.3. The van der Waals surface area contributed by atoms with Crippen molar-refractivity contribution in [3.63, 3.8) is 0 Å². The van der Waals surface area contributed by atoms with Crippen molar-refractivity contribution in [3.8, 4) is 11.5 Å². The average Bonchev–Trinajstić information content (AvgIpc) is 3.00. The van der Waals surface area contributed by atoms with E-state index in [1.807, 2.05) is 24.3 Å². The molecule has 0 bridgehead atoms. The molecule has 1 atom stereocenters. The van der Waals surface area contributed by atoms with Gasteiger partial charge in [-0.15, -0.1) is 0 Å². The van der Waals surface area contributed by atoms with Gasteiger partial charge in [-0.2, -0.15) is 0 Å². The second kappa shape index (κ2) is 28.9. The first-order valence-corrected chi connectivity index (χ1v) is 19.4. The Labute approximate surface area is 338 Å². The SMILES string of the molecule is CCCCCCCCCc1ccc(OP(=O)(CC(CC)CCCC)Oc2ccc(CCCCCCCCC)cc2)cc1.[Nd].[Nd]. The van der Waals surface area contributed by atoms with Crippen LogP contribution in [0.4, 0.5) is 0 Å². The third kappa shape index (κ3) is 21.0. The van der Waals surface area contributed by atoms with Gasteiger partial charge in [-0.25, -0.2) is 4.57 Å². The van der Waals surface area contributed by atoms with Crippen molar-refractivity contribution >= 4 is 7.60 Å². The Kier molecular flexibility index (Phi) is 29.6. The van der Waals surface area contributed by atoms with Crippen LogP contribution in [0.25, 0.3) is 0 Å². The Balaban J connectivity index is 0.00000924. The quantitative estimate of drug-likeness (QED) is 0.0697. The summed E-state index contributed by atoms with van der Waals surface area (Å²) in [6.45, 7) is 8.92. The molecule has 0 saturated carbocycles.